The molecule has 1 nitrogen and oxygen atoms in total. The van der Waals surface area contributed by atoms with Gasteiger partial charge in [0, 0.05) is 24.8 Å². The van der Waals surface area contributed by atoms with Gasteiger partial charge in [0.05, 0.1) is 4.99 Å². The Morgan fingerprint density at radius 2 is 1.70 bits per heavy atom. The van der Waals surface area contributed by atoms with Crippen LogP contribution >= 0.6 is 35.4 Å². The molecule has 0 fully saturated rings. The first-order valence-electron chi connectivity index (χ1n) is 3.09. The van der Waals surface area contributed by atoms with Crippen LogP contribution in [0.25, 0.3) is 0 Å². The minimum atomic E-state index is 0.602. The molecule has 0 saturated carbocycles. The van der Waals surface area contributed by atoms with Crippen LogP contribution in [0.5, 0.6) is 0 Å². The highest BCUT2D eigenvalue weighted by Gasteiger charge is 2.01. The lowest BCUT2D eigenvalue weighted by Gasteiger charge is -2.20. The Bertz CT molecular complexity index is 102. The summed E-state index contributed by atoms with van der Waals surface area (Å²) in [4.78, 5) is 2.86. The van der Waals surface area contributed by atoms with Crippen molar-refractivity contribution in [3.63, 3.8) is 0 Å². The second-order valence-electron chi connectivity index (χ2n) is 1.88. The largest absolute Gasteiger partial charge is 0.364 e. The van der Waals surface area contributed by atoms with Crippen molar-refractivity contribution in [1.82, 2.24) is 4.90 Å². The topological polar surface area (TPSA) is 3.24 Å². The first-order valence-corrected chi connectivity index (χ1v) is 4.57. The zero-order chi connectivity index (χ0) is 7.98. The maximum atomic E-state index is 5.53. The van der Waals surface area contributed by atoms with E-state index in [1.54, 1.807) is 0 Å². The number of hydrogen-bond donors (Lipinski definition) is 0. The predicted octanol–water partition coefficient (Wildman–Crippen LogP) is 2.11. The monoisotopic (exact) mass is 199 g/mol. The van der Waals surface area contributed by atoms with Crippen molar-refractivity contribution < 1.29 is 0 Å². The number of alkyl halides is 2. The van der Waals surface area contributed by atoms with Gasteiger partial charge in [-0.2, -0.15) is 0 Å². The van der Waals surface area contributed by atoms with Crippen molar-refractivity contribution >= 4 is 40.4 Å². The highest BCUT2D eigenvalue weighted by atomic mass is 35.5. The zero-order valence-electron chi connectivity index (χ0n) is 5.94. The second kappa shape index (κ2) is 6.20. The molecule has 10 heavy (non-hydrogen) atoms. The van der Waals surface area contributed by atoms with Crippen LogP contribution in [0.2, 0.25) is 0 Å². The fraction of sp³-hybridized carbons (Fsp3) is 0.833. The van der Waals surface area contributed by atoms with Gasteiger partial charge in [-0.1, -0.05) is 12.2 Å². The van der Waals surface area contributed by atoms with Crippen LogP contribution in [-0.2, 0) is 0 Å². The molecule has 0 amide bonds. The van der Waals surface area contributed by atoms with Crippen LogP contribution in [0.4, 0.5) is 0 Å². The summed E-state index contributed by atoms with van der Waals surface area (Å²) in [5.41, 5.74) is 0. The molecular weight excluding hydrogens is 189 g/mol. The molecule has 0 aromatic rings. The Kier molecular flexibility index (Phi) is 6.49. The van der Waals surface area contributed by atoms with Crippen molar-refractivity contribution in [2.45, 2.75) is 6.92 Å². The highest BCUT2D eigenvalue weighted by Crippen LogP contribution is 1.93. The maximum Gasteiger partial charge on any atom is 0.0748 e. The summed E-state index contributed by atoms with van der Waals surface area (Å²) < 4.78 is 0. The van der Waals surface area contributed by atoms with Crippen LogP contribution < -0.4 is 0 Å². The van der Waals surface area contributed by atoms with Crippen LogP contribution in [0.15, 0.2) is 0 Å². The number of hydrogen-bond acceptors (Lipinski definition) is 1. The van der Waals surface area contributed by atoms with Gasteiger partial charge in [0.1, 0.15) is 0 Å². The van der Waals surface area contributed by atoms with E-state index in [2.05, 4.69) is 0 Å². The van der Waals surface area contributed by atoms with Crippen LogP contribution in [0.1, 0.15) is 6.92 Å². The molecule has 0 aromatic heterocycles. The number of halogens is 2. The molecule has 4 heteroatoms. The van der Waals surface area contributed by atoms with Gasteiger partial charge in [0.2, 0.25) is 0 Å². The Balaban J connectivity index is 3.61. The van der Waals surface area contributed by atoms with Crippen molar-refractivity contribution in [3.05, 3.63) is 0 Å². The standard InChI is InChI=1S/C6H11Cl2NS/c1-6(10)9(4-2-7)5-3-8/h2-5H2,1H3. The lowest BCUT2D eigenvalue weighted by atomic mass is 10.5. The molecule has 0 aliphatic heterocycles. The van der Waals surface area contributed by atoms with Crippen molar-refractivity contribution in [2.75, 3.05) is 24.8 Å². The Labute approximate surface area is 77.3 Å². The Morgan fingerprint density at radius 1 is 1.30 bits per heavy atom. The summed E-state index contributed by atoms with van der Waals surface area (Å²) >= 11 is 16.0. The van der Waals surface area contributed by atoms with Crippen LogP contribution in [0.3, 0.4) is 0 Å². The summed E-state index contributed by atoms with van der Waals surface area (Å²) in [6.07, 6.45) is 0. The minimum absolute atomic E-state index is 0.602. The predicted molar refractivity (Wildman–Crippen MR) is 51.3 cm³/mol. The van der Waals surface area contributed by atoms with Crippen LogP contribution in [-0.4, -0.2) is 34.7 Å². The first kappa shape index (κ1) is 10.5. The smallest absolute Gasteiger partial charge is 0.0748 e. The molecule has 0 radical (unpaired) electrons. The van der Waals surface area contributed by atoms with Gasteiger partial charge < -0.3 is 4.90 Å². The fourth-order valence-corrected chi connectivity index (χ4v) is 1.22. The summed E-state index contributed by atoms with van der Waals surface area (Å²) in [6.45, 7) is 3.47. The fourth-order valence-electron chi connectivity index (χ4n) is 0.631. The van der Waals surface area contributed by atoms with E-state index in [1.807, 2.05) is 11.8 Å². The SMILES string of the molecule is CC(=S)N(CCCl)CCCl. The van der Waals surface area contributed by atoms with Gasteiger partial charge in [-0.3, -0.25) is 0 Å². The third-order valence-electron chi connectivity index (χ3n) is 1.15. The third kappa shape index (κ3) is 4.31. The zero-order valence-corrected chi connectivity index (χ0v) is 8.27. The van der Waals surface area contributed by atoms with Crippen LogP contribution in [0, 0.1) is 0 Å². The molecule has 0 aromatic carbocycles. The lowest BCUT2D eigenvalue weighted by Crippen LogP contribution is -2.31. The quantitative estimate of drug-likeness (QED) is 0.505. The van der Waals surface area contributed by atoms with E-state index in [4.69, 9.17) is 35.4 Å². The highest BCUT2D eigenvalue weighted by molar-refractivity contribution is 7.80. The van der Waals surface area contributed by atoms with Crippen molar-refractivity contribution in [2.24, 2.45) is 0 Å². The summed E-state index contributed by atoms with van der Waals surface area (Å²) in [5.74, 6) is 1.20. The maximum absolute atomic E-state index is 5.53. The normalized spacial score (nSPS) is 9.50. The minimum Gasteiger partial charge on any atom is -0.364 e. The van der Waals surface area contributed by atoms with Gasteiger partial charge in [-0.15, -0.1) is 23.2 Å². The van der Waals surface area contributed by atoms with Gasteiger partial charge >= 0.3 is 0 Å². The molecule has 0 atom stereocenters. The molecule has 0 spiro atoms. The van der Waals surface area contributed by atoms with E-state index in [-0.39, 0.29) is 0 Å². The Hall–Kier alpha value is 0.470. The van der Waals surface area contributed by atoms with E-state index in [9.17, 15) is 0 Å². The van der Waals surface area contributed by atoms with Crippen molar-refractivity contribution in [1.29, 1.82) is 0 Å². The average molecular weight is 200 g/mol. The van der Waals surface area contributed by atoms with Crippen molar-refractivity contribution in [3.8, 4) is 0 Å². The molecule has 0 unspecified atom stereocenters. The van der Waals surface area contributed by atoms with E-state index in [0.717, 1.165) is 18.1 Å². The molecule has 0 aliphatic rings. The number of nitrogens with zero attached hydrogens (tertiary/aromatic N) is 1. The summed E-state index contributed by atoms with van der Waals surface area (Å²) in [5, 5.41) is 0. The molecule has 0 heterocycles. The molecule has 0 rings (SSSR count). The second-order valence-corrected chi connectivity index (χ2v) is 3.23. The van der Waals surface area contributed by atoms with Gasteiger partial charge in [0.15, 0.2) is 0 Å². The average Bonchev–Trinajstić information content (AvgIpc) is 1.87. The molecule has 0 bridgehead atoms. The Morgan fingerprint density at radius 3 is 1.90 bits per heavy atom. The molecular formula is C6H11Cl2NS. The first-order chi connectivity index (χ1) is 4.72. The molecule has 60 valence electrons. The molecule has 0 saturated heterocycles. The van der Waals surface area contributed by atoms with E-state index in [1.165, 1.54) is 0 Å². The van der Waals surface area contributed by atoms with Gasteiger partial charge in [-0.25, -0.2) is 0 Å². The number of thiocarbonyl (C=S) groups is 1. The van der Waals surface area contributed by atoms with E-state index < -0.39 is 0 Å². The van der Waals surface area contributed by atoms with Gasteiger partial charge in [-0.05, 0) is 6.92 Å². The third-order valence-corrected chi connectivity index (χ3v) is 1.75. The van der Waals surface area contributed by atoms with E-state index in [0.29, 0.717) is 11.8 Å². The summed E-state index contributed by atoms with van der Waals surface area (Å²) in [6, 6.07) is 0. The van der Waals surface area contributed by atoms with Gasteiger partial charge in [0.25, 0.3) is 0 Å². The number of rotatable bonds is 4. The molecule has 0 N–H and O–H groups in total. The summed E-state index contributed by atoms with van der Waals surface area (Å²) in [7, 11) is 0. The van der Waals surface area contributed by atoms with E-state index >= 15 is 0 Å². The lowest BCUT2D eigenvalue weighted by molar-refractivity contribution is 0.476. The molecule has 0 aliphatic carbocycles.